The molecule has 3 aromatic carbocycles. The number of nitrogens with zero attached hydrogens (tertiary/aromatic N) is 1. The molecule has 0 aromatic heterocycles. The van der Waals surface area contributed by atoms with Crippen LogP contribution in [0.3, 0.4) is 0 Å². The highest BCUT2D eigenvalue weighted by Gasteiger charge is 2.26. The Labute approximate surface area is 206 Å². The second-order valence-corrected chi connectivity index (χ2v) is 9.12. The van der Waals surface area contributed by atoms with Gasteiger partial charge in [-0.25, -0.2) is 0 Å². The Morgan fingerprint density at radius 3 is 2.26 bits per heavy atom. The molecular formula is C28H33N3O4. The van der Waals surface area contributed by atoms with Gasteiger partial charge in [0.25, 0.3) is 11.8 Å². The number of nitrogens with one attached hydrogen (secondary N) is 1. The first-order chi connectivity index (χ1) is 16.8. The first-order valence-electron chi connectivity index (χ1n) is 11.4. The van der Waals surface area contributed by atoms with Crippen molar-refractivity contribution in [2.45, 2.75) is 20.4 Å². The molecule has 0 spiro atoms. The minimum atomic E-state index is -0.286. The van der Waals surface area contributed by atoms with Crippen molar-refractivity contribution in [1.82, 2.24) is 4.90 Å². The Kier molecular flexibility index (Phi) is 8.49. The number of benzene rings is 3. The van der Waals surface area contributed by atoms with Gasteiger partial charge in [-0.05, 0) is 60.0 Å². The number of anilines is 1. The van der Waals surface area contributed by atoms with Crippen LogP contribution in [0.2, 0.25) is 0 Å². The predicted molar refractivity (Wildman–Crippen MR) is 138 cm³/mol. The van der Waals surface area contributed by atoms with Gasteiger partial charge in [0, 0.05) is 29.9 Å². The zero-order chi connectivity index (χ0) is 25.4. The number of carbonyl (C=O) groups is 2. The van der Waals surface area contributed by atoms with Gasteiger partial charge in [-0.1, -0.05) is 44.2 Å². The zero-order valence-corrected chi connectivity index (χ0v) is 20.7. The van der Waals surface area contributed by atoms with E-state index in [9.17, 15) is 9.59 Å². The lowest BCUT2D eigenvalue weighted by atomic mass is 9.92. The van der Waals surface area contributed by atoms with Crippen LogP contribution in [0, 0.1) is 5.41 Å². The van der Waals surface area contributed by atoms with E-state index >= 15 is 0 Å². The molecule has 0 bridgehead atoms. The molecule has 0 aliphatic heterocycles. The topological polar surface area (TPSA) is 93.9 Å². The molecule has 0 fully saturated rings. The van der Waals surface area contributed by atoms with Crippen molar-refractivity contribution >= 4 is 17.5 Å². The summed E-state index contributed by atoms with van der Waals surface area (Å²) in [6.45, 7) is 5.29. The Morgan fingerprint density at radius 2 is 1.60 bits per heavy atom. The van der Waals surface area contributed by atoms with Crippen LogP contribution in [0.25, 0.3) is 0 Å². The summed E-state index contributed by atoms with van der Waals surface area (Å²) in [4.78, 5) is 27.9. The summed E-state index contributed by atoms with van der Waals surface area (Å²) in [5.41, 5.74) is 8.31. The molecule has 3 N–H and O–H groups in total. The Balaban J connectivity index is 1.85. The average molecular weight is 476 g/mol. The zero-order valence-electron chi connectivity index (χ0n) is 20.7. The molecule has 0 aliphatic rings. The summed E-state index contributed by atoms with van der Waals surface area (Å²) in [5, 5.41) is 2.93. The van der Waals surface area contributed by atoms with Crippen molar-refractivity contribution in [1.29, 1.82) is 0 Å². The fraction of sp³-hybridized carbons (Fsp3) is 0.286. The van der Waals surface area contributed by atoms with Gasteiger partial charge >= 0.3 is 0 Å². The molecule has 184 valence electrons. The highest BCUT2D eigenvalue weighted by Crippen LogP contribution is 2.29. The smallest absolute Gasteiger partial charge is 0.255 e. The molecule has 7 nitrogen and oxygen atoms in total. The van der Waals surface area contributed by atoms with Crippen LogP contribution < -0.4 is 20.5 Å². The van der Waals surface area contributed by atoms with Crippen molar-refractivity contribution in [2.24, 2.45) is 11.1 Å². The number of amides is 2. The van der Waals surface area contributed by atoms with E-state index in [2.05, 4.69) is 5.32 Å². The van der Waals surface area contributed by atoms with Gasteiger partial charge in [0.05, 0.1) is 14.2 Å². The van der Waals surface area contributed by atoms with Crippen LogP contribution in [0.15, 0.2) is 72.8 Å². The van der Waals surface area contributed by atoms with Crippen molar-refractivity contribution in [2.75, 3.05) is 32.6 Å². The molecule has 0 aliphatic carbocycles. The fourth-order valence-corrected chi connectivity index (χ4v) is 3.69. The predicted octanol–water partition coefficient (Wildman–Crippen LogP) is 4.58. The number of hydrogen-bond acceptors (Lipinski definition) is 5. The van der Waals surface area contributed by atoms with Crippen LogP contribution in [0.4, 0.5) is 5.69 Å². The SMILES string of the molecule is COc1ccc(C(=O)N(Cc2cccc(NC(=O)c3ccccc3)c2)CC(C)(C)CN)cc1OC. The molecule has 7 heteroatoms. The summed E-state index contributed by atoms with van der Waals surface area (Å²) >= 11 is 0. The second kappa shape index (κ2) is 11.5. The molecule has 3 aromatic rings. The number of ether oxygens (including phenoxy) is 2. The number of nitrogens with two attached hydrogens (primary N) is 1. The van der Waals surface area contributed by atoms with Crippen LogP contribution in [0.5, 0.6) is 11.5 Å². The third-order valence-corrected chi connectivity index (χ3v) is 5.68. The molecule has 0 saturated heterocycles. The Hall–Kier alpha value is -3.84. The third kappa shape index (κ3) is 6.83. The maximum absolute atomic E-state index is 13.6. The summed E-state index contributed by atoms with van der Waals surface area (Å²) in [7, 11) is 3.09. The van der Waals surface area contributed by atoms with E-state index in [0.29, 0.717) is 47.9 Å². The largest absolute Gasteiger partial charge is 0.493 e. The number of hydrogen-bond donors (Lipinski definition) is 2. The summed E-state index contributed by atoms with van der Waals surface area (Å²) in [5.74, 6) is 0.707. The van der Waals surface area contributed by atoms with Crippen molar-refractivity contribution in [3.8, 4) is 11.5 Å². The number of rotatable bonds is 10. The lowest BCUT2D eigenvalue weighted by Gasteiger charge is -2.32. The molecule has 0 heterocycles. The van der Waals surface area contributed by atoms with Gasteiger partial charge < -0.3 is 25.4 Å². The normalized spacial score (nSPS) is 11.0. The lowest BCUT2D eigenvalue weighted by Crippen LogP contribution is -2.41. The summed E-state index contributed by atoms with van der Waals surface area (Å²) in [6, 6.07) is 21.7. The molecule has 0 unspecified atom stereocenters. The van der Waals surface area contributed by atoms with Gasteiger partial charge in [0.15, 0.2) is 11.5 Å². The fourth-order valence-electron chi connectivity index (χ4n) is 3.69. The average Bonchev–Trinajstić information content (AvgIpc) is 2.88. The highest BCUT2D eigenvalue weighted by molar-refractivity contribution is 6.04. The molecule has 0 radical (unpaired) electrons. The first-order valence-corrected chi connectivity index (χ1v) is 11.4. The molecule has 0 atom stereocenters. The minimum absolute atomic E-state index is 0.147. The first kappa shape index (κ1) is 25.8. The van der Waals surface area contributed by atoms with Gasteiger partial charge in [0.1, 0.15) is 0 Å². The molecule has 2 amide bonds. The standard InChI is InChI=1S/C28H33N3O4/c1-28(2,18-29)19-31(27(33)22-13-14-24(34-3)25(16-22)35-4)17-20-9-8-12-23(15-20)30-26(32)21-10-6-5-7-11-21/h5-16H,17-19,29H2,1-4H3,(H,30,32). The Morgan fingerprint density at radius 1 is 0.886 bits per heavy atom. The van der Waals surface area contributed by atoms with E-state index in [-0.39, 0.29) is 17.2 Å². The van der Waals surface area contributed by atoms with E-state index < -0.39 is 0 Å². The molecule has 0 saturated carbocycles. The monoisotopic (exact) mass is 475 g/mol. The summed E-state index contributed by atoms with van der Waals surface area (Å²) in [6.07, 6.45) is 0. The van der Waals surface area contributed by atoms with E-state index in [1.165, 1.54) is 7.11 Å². The van der Waals surface area contributed by atoms with Gasteiger partial charge in [0.2, 0.25) is 0 Å². The second-order valence-electron chi connectivity index (χ2n) is 9.12. The van der Waals surface area contributed by atoms with Crippen LogP contribution in [-0.2, 0) is 6.54 Å². The van der Waals surface area contributed by atoms with Crippen molar-refractivity contribution in [3.05, 3.63) is 89.5 Å². The number of carbonyl (C=O) groups excluding carboxylic acids is 2. The van der Waals surface area contributed by atoms with Crippen molar-refractivity contribution in [3.63, 3.8) is 0 Å². The van der Waals surface area contributed by atoms with Gasteiger partial charge in [-0.2, -0.15) is 0 Å². The van der Waals surface area contributed by atoms with Gasteiger partial charge in [-0.3, -0.25) is 9.59 Å². The maximum Gasteiger partial charge on any atom is 0.255 e. The lowest BCUT2D eigenvalue weighted by molar-refractivity contribution is 0.0672. The molecular weight excluding hydrogens is 442 g/mol. The Bertz CT molecular complexity index is 1160. The highest BCUT2D eigenvalue weighted by atomic mass is 16.5. The van der Waals surface area contributed by atoms with E-state index in [4.69, 9.17) is 15.2 Å². The minimum Gasteiger partial charge on any atom is -0.493 e. The van der Waals surface area contributed by atoms with E-state index in [1.807, 2.05) is 56.3 Å². The van der Waals surface area contributed by atoms with E-state index in [0.717, 1.165) is 5.56 Å². The van der Waals surface area contributed by atoms with Crippen molar-refractivity contribution < 1.29 is 19.1 Å². The molecule has 35 heavy (non-hydrogen) atoms. The molecule has 3 rings (SSSR count). The number of methoxy groups -OCH3 is 2. The van der Waals surface area contributed by atoms with Gasteiger partial charge in [-0.15, -0.1) is 0 Å². The maximum atomic E-state index is 13.6. The van der Waals surface area contributed by atoms with E-state index in [1.54, 1.807) is 42.3 Å². The van der Waals surface area contributed by atoms with Crippen LogP contribution in [-0.4, -0.2) is 44.0 Å². The van der Waals surface area contributed by atoms with Crippen LogP contribution in [0.1, 0.15) is 40.1 Å². The quantitative estimate of drug-likeness (QED) is 0.448. The van der Waals surface area contributed by atoms with Crippen LogP contribution >= 0.6 is 0 Å². The third-order valence-electron chi connectivity index (χ3n) is 5.68. The summed E-state index contributed by atoms with van der Waals surface area (Å²) < 4.78 is 10.7.